The highest BCUT2D eigenvalue weighted by molar-refractivity contribution is 5.87. The van der Waals surface area contributed by atoms with E-state index in [1.165, 1.54) is 44.2 Å². The van der Waals surface area contributed by atoms with Crippen LogP contribution in [0.25, 0.3) is 0 Å². The van der Waals surface area contributed by atoms with Gasteiger partial charge in [0, 0.05) is 37.3 Å². The largest absolute Gasteiger partial charge is 0.497 e. The number of benzene rings is 1. The third-order valence-electron chi connectivity index (χ3n) is 7.81. The molecule has 4 saturated carbocycles. The Morgan fingerprint density at radius 1 is 0.963 bits per heavy atom. The van der Waals surface area contributed by atoms with E-state index in [2.05, 4.69) is 21.9 Å². The Morgan fingerprint density at radius 3 is 2.04 bits per heavy atom. The van der Waals surface area contributed by atoms with E-state index < -0.39 is 0 Å². The summed E-state index contributed by atoms with van der Waals surface area (Å²) in [5.41, 5.74) is 1.31. The van der Waals surface area contributed by atoms with E-state index in [-0.39, 0.29) is 5.41 Å². The lowest BCUT2D eigenvalue weighted by Crippen LogP contribution is -2.54. The smallest absolute Gasteiger partial charge is 0.152 e. The second kappa shape index (κ2) is 6.80. The summed E-state index contributed by atoms with van der Waals surface area (Å²) in [4.78, 5) is 18.1. The van der Waals surface area contributed by atoms with Gasteiger partial charge >= 0.3 is 0 Å². The van der Waals surface area contributed by atoms with Crippen molar-refractivity contribution in [3.8, 4) is 5.75 Å². The fourth-order valence-corrected chi connectivity index (χ4v) is 6.78. The summed E-state index contributed by atoms with van der Waals surface area (Å²) in [6, 6.07) is 8.32. The number of carbonyl (C=O) groups is 1. The van der Waals surface area contributed by atoms with E-state index in [1.807, 2.05) is 12.1 Å². The Balaban J connectivity index is 1.18. The van der Waals surface area contributed by atoms with Crippen LogP contribution >= 0.6 is 0 Å². The van der Waals surface area contributed by atoms with Gasteiger partial charge in [-0.05, 0) is 80.5 Å². The predicted octanol–water partition coefficient (Wildman–Crippen LogP) is 3.60. The van der Waals surface area contributed by atoms with Gasteiger partial charge in [-0.25, -0.2) is 0 Å². The molecule has 0 atom stereocenters. The number of carbonyl (C=O) groups excluding carboxylic acids is 1. The van der Waals surface area contributed by atoms with Gasteiger partial charge in [0.05, 0.1) is 13.7 Å². The van der Waals surface area contributed by atoms with Crippen LogP contribution in [0.1, 0.15) is 38.5 Å². The third kappa shape index (κ3) is 3.26. The highest BCUT2D eigenvalue weighted by Gasteiger charge is 2.54. The minimum atomic E-state index is 0.0574. The summed E-state index contributed by atoms with van der Waals surface area (Å²) in [5.74, 6) is 4.03. The Kier molecular flexibility index (Phi) is 4.42. The molecule has 0 N–H and O–H groups in total. The first-order chi connectivity index (χ1) is 13.1. The maximum atomic E-state index is 13.3. The molecule has 6 rings (SSSR count). The third-order valence-corrected chi connectivity index (χ3v) is 7.81. The lowest BCUT2D eigenvalue weighted by Gasteiger charge is -2.56. The molecular weight excluding hydrogens is 336 g/mol. The summed E-state index contributed by atoms with van der Waals surface area (Å²) < 4.78 is 5.25. The average molecular weight is 369 g/mol. The lowest BCUT2D eigenvalue weighted by atomic mass is 9.48. The number of piperazine rings is 1. The van der Waals surface area contributed by atoms with Gasteiger partial charge < -0.3 is 9.64 Å². The van der Waals surface area contributed by atoms with Crippen LogP contribution in [0.4, 0.5) is 5.69 Å². The van der Waals surface area contributed by atoms with Gasteiger partial charge in [0.15, 0.2) is 5.78 Å². The second-order valence-corrected chi connectivity index (χ2v) is 9.58. The van der Waals surface area contributed by atoms with E-state index in [0.717, 1.165) is 49.7 Å². The first-order valence-electron chi connectivity index (χ1n) is 10.8. The van der Waals surface area contributed by atoms with Crippen LogP contribution in [-0.4, -0.2) is 50.5 Å². The number of anilines is 1. The van der Waals surface area contributed by atoms with Crippen molar-refractivity contribution in [2.45, 2.75) is 38.5 Å². The fourth-order valence-electron chi connectivity index (χ4n) is 6.78. The lowest BCUT2D eigenvalue weighted by molar-refractivity contribution is -0.145. The van der Waals surface area contributed by atoms with Gasteiger partial charge in [0.25, 0.3) is 0 Å². The van der Waals surface area contributed by atoms with E-state index in [4.69, 9.17) is 4.74 Å². The van der Waals surface area contributed by atoms with Crippen molar-refractivity contribution in [2.24, 2.45) is 23.2 Å². The van der Waals surface area contributed by atoms with E-state index in [9.17, 15) is 4.79 Å². The first kappa shape index (κ1) is 17.5. The molecule has 0 radical (unpaired) electrons. The van der Waals surface area contributed by atoms with Gasteiger partial charge in [-0.15, -0.1) is 0 Å². The zero-order valence-electron chi connectivity index (χ0n) is 16.5. The highest BCUT2D eigenvalue weighted by Crippen LogP contribution is 2.60. The molecule has 146 valence electrons. The van der Waals surface area contributed by atoms with Crippen molar-refractivity contribution < 1.29 is 9.53 Å². The fraction of sp³-hybridized carbons (Fsp3) is 0.696. The zero-order valence-corrected chi connectivity index (χ0v) is 16.5. The van der Waals surface area contributed by atoms with Crippen LogP contribution in [0.15, 0.2) is 24.3 Å². The minimum absolute atomic E-state index is 0.0574. The van der Waals surface area contributed by atoms with E-state index >= 15 is 0 Å². The molecular formula is C23H32N2O2. The van der Waals surface area contributed by atoms with Gasteiger partial charge in [-0.1, -0.05) is 0 Å². The number of ketones is 1. The van der Waals surface area contributed by atoms with Crippen molar-refractivity contribution >= 4 is 11.5 Å². The topological polar surface area (TPSA) is 32.8 Å². The van der Waals surface area contributed by atoms with Gasteiger partial charge in [-0.3, -0.25) is 9.69 Å². The monoisotopic (exact) mass is 368 g/mol. The molecule has 1 aliphatic heterocycles. The summed E-state index contributed by atoms with van der Waals surface area (Å²) >= 11 is 0. The Labute approximate surface area is 162 Å². The van der Waals surface area contributed by atoms with Crippen molar-refractivity contribution in [3.63, 3.8) is 0 Å². The number of Topliss-reactive ketones (excluding diaryl/α,β-unsaturated/α-hetero) is 1. The predicted molar refractivity (Wildman–Crippen MR) is 107 cm³/mol. The van der Waals surface area contributed by atoms with Crippen LogP contribution in [0, 0.1) is 23.2 Å². The molecule has 1 saturated heterocycles. The van der Waals surface area contributed by atoms with Gasteiger partial charge in [-0.2, -0.15) is 0 Å². The molecule has 4 nitrogen and oxygen atoms in total. The molecule has 0 amide bonds. The van der Waals surface area contributed by atoms with Gasteiger partial charge in [0.1, 0.15) is 5.75 Å². The maximum absolute atomic E-state index is 13.3. The van der Waals surface area contributed by atoms with Crippen molar-refractivity contribution in [3.05, 3.63) is 24.3 Å². The number of nitrogens with zero attached hydrogens (tertiary/aromatic N) is 2. The molecule has 1 aromatic rings. The first-order valence-corrected chi connectivity index (χ1v) is 10.8. The molecule has 0 spiro atoms. The number of hydrogen-bond acceptors (Lipinski definition) is 4. The Morgan fingerprint density at radius 2 is 1.52 bits per heavy atom. The van der Waals surface area contributed by atoms with Crippen LogP contribution in [-0.2, 0) is 4.79 Å². The number of rotatable bonds is 5. The number of ether oxygens (including phenoxy) is 1. The standard InChI is InChI=1S/C23H32N2O2/c1-27-21-4-2-20(3-5-21)25-8-6-24(7-9-25)16-22(26)23-13-17-10-18(14-23)12-19(11-17)15-23/h2-5,17-19H,6-16H2,1H3. The van der Waals surface area contributed by atoms with Gasteiger partial charge in [0.2, 0.25) is 0 Å². The van der Waals surface area contributed by atoms with Crippen molar-refractivity contribution in [2.75, 3.05) is 44.7 Å². The molecule has 27 heavy (non-hydrogen) atoms. The van der Waals surface area contributed by atoms with Crippen molar-refractivity contribution in [1.29, 1.82) is 0 Å². The Bertz CT molecular complexity index is 656. The molecule has 5 aliphatic rings. The number of methoxy groups -OCH3 is 1. The minimum Gasteiger partial charge on any atom is -0.497 e. The molecule has 0 aromatic heterocycles. The summed E-state index contributed by atoms with van der Waals surface area (Å²) in [6.45, 7) is 4.66. The van der Waals surface area contributed by atoms with Crippen molar-refractivity contribution in [1.82, 2.24) is 4.90 Å². The van der Waals surface area contributed by atoms with E-state index in [1.54, 1.807) is 7.11 Å². The SMILES string of the molecule is COc1ccc(N2CCN(CC(=O)C34CC5CC(CC(C5)C3)C4)CC2)cc1. The zero-order chi connectivity index (χ0) is 18.4. The normalized spacial score (nSPS) is 35.4. The van der Waals surface area contributed by atoms with E-state index in [0.29, 0.717) is 12.3 Å². The van der Waals surface area contributed by atoms with Crippen LogP contribution in [0.2, 0.25) is 0 Å². The molecule has 4 heteroatoms. The molecule has 1 aromatic carbocycles. The number of hydrogen-bond donors (Lipinski definition) is 0. The highest BCUT2D eigenvalue weighted by atomic mass is 16.5. The van der Waals surface area contributed by atoms with Crippen LogP contribution < -0.4 is 9.64 Å². The summed E-state index contributed by atoms with van der Waals surface area (Å²) in [5, 5.41) is 0. The molecule has 1 heterocycles. The second-order valence-electron chi connectivity index (χ2n) is 9.58. The summed E-state index contributed by atoms with van der Waals surface area (Å²) in [7, 11) is 1.70. The van der Waals surface area contributed by atoms with Crippen LogP contribution in [0.5, 0.6) is 5.75 Å². The summed E-state index contributed by atoms with van der Waals surface area (Å²) in [6.07, 6.45) is 7.82. The quantitative estimate of drug-likeness (QED) is 0.795. The molecule has 5 fully saturated rings. The van der Waals surface area contributed by atoms with Crippen LogP contribution in [0.3, 0.4) is 0 Å². The Hall–Kier alpha value is -1.55. The average Bonchev–Trinajstić information content (AvgIpc) is 2.68. The molecule has 4 bridgehead atoms. The molecule has 4 aliphatic carbocycles. The molecule has 0 unspecified atom stereocenters. The maximum Gasteiger partial charge on any atom is 0.152 e.